The summed E-state index contributed by atoms with van der Waals surface area (Å²) in [5.74, 6) is -1.13. The third-order valence-corrected chi connectivity index (χ3v) is 4.71. The summed E-state index contributed by atoms with van der Waals surface area (Å²) in [5.41, 5.74) is 1.99. The van der Waals surface area contributed by atoms with Crippen LogP contribution in [0.1, 0.15) is 38.1 Å². The Hall–Kier alpha value is -2.92. The molecular weight excluding hydrogens is 354 g/mol. The molecule has 5 nitrogen and oxygen atoms in total. The molecule has 0 saturated heterocycles. The number of hydrogen-bond acceptors (Lipinski definition) is 3. The first kappa shape index (κ1) is 19.8. The summed E-state index contributed by atoms with van der Waals surface area (Å²) in [5, 5.41) is 11.2. The monoisotopic (exact) mass is 379 g/mol. The highest BCUT2D eigenvalue weighted by molar-refractivity contribution is 5.99. The zero-order valence-corrected chi connectivity index (χ0v) is 16.8. The molecule has 0 aliphatic heterocycles. The Kier molecular flexibility index (Phi) is 5.13. The van der Waals surface area contributed by atoms with E-state index < -0.39 is 17.7 Å². The topological polar surface area (TPSA) is 68.5 Å². The fourth-order valence-electron chi connectivity index (χ4n) is 3.50. The molecule has 0 amide bonds. The van der Waals surface area contributed by atoms with Crippen molar-refractivity contribution >= 4 is 16.7 Å². The molecule has 3 rings (SSSR count). The standard InChI is InChI=1S/C23H25NO4/c1-14-10-6-7-11-15(14)18-16-12-8-9-13-17(16)21(25)24(5)19(18)20(22(26)27)28-23(2,3)4/h6-13,20H,1-5H3,(H,26,27). The fourth-order valence-corrected chi connectivity index (χ4v) is 3.50. The third kappa shape index (κ3) is 3.58. The number of carboxylic acids is 1. The number of carbonyl (C=O) groups is 1. The van der Waals surface area contributed by atoms with Gasteiger partial charge in [0.1, 0.15) is 0 Å². The Morgan fingerprint density at radius 2 is 1.61 bits per heavy atom. The highest BCUT2D eigenvalue weighted by Crippen LogP contribution is 2.37. The maximum atomic E-state index is 13.0. The van der Waals surface area contributed by atoms with Gasteiger partial charge in [-0.15, -0.1) is 0 Å². The van der Waals surface area contributed by atoms with Crippen molar-refractivity contribution in [2.24, 2.45) is 7.05 Å². The fraction of sp³-hybridized carbons (Fsp3) is 0.304. The number of benzene rings is 2. The molecule has 1 aromatic heterocycles. The second-order valence-electron chi connectivity index (χ2n) is 7.93. The van der Waals surface area contributed by atoms with E-state index >= 15 is 0 Å². The number of ether oxygens (including phenoxy) is 1. The largest absolute Gasteiger partial charge is 0.479 e. The number of carboxylic acid groups (broad SMARTS) is 1. The van der Waals surface area contributed by atoms with Gasteiger partial charge < -0.3 is 14.4 Å². The van der Waals surface area contributed by atoms with Gasteiger partial charge in [0.15, 0.2) is 6.10 Å². The lowest BCUT2D eigenvalue weighted by molar-refractivity contribution is -0.161. The van der Waals surface area contributed by atoms with E-state index in [1.165, 1.54) is 4.57 Å². The van der Waals surface area contributed by atoms with Crippen LogP contribution >= 0.6 is 0 Å². The van der Waals surface area contributed by atoms with Crippen LogP contribution in [0.5, 0.6) is 0 Å². The summed E-state index contributed by atoms with van der Waals surface area (Å²) in [7, 11) is 1.60. The quantitative estimate of drug-likeness (QED) is 0.727. The molecule has 0 radical (unpaired) electrons. The summed E-state index contributed by atoms with van der Waals surface area (Å²) in [6, 6.07) is 15.1. The second-order valence-corrected chi connectivity index (χ2v) is 7.93. The van der Waals surface area contributed by atoms with Crippen LogP contribution in [-0.4, -0.2) is 21.2 Å². The van der Waals surface area contributed by atoms with Crippen LogP contribution in [0.4, 0.5) is 0 Å². The first-order chi connectivity index (χ1) is 13.1. The van der Waals surface area contributed by atoms with Crippen LogP contribution < -0.4 is 5.56 Å². The summed E-state index contributed by atoms with van der Waals surface area (Å²) in [6.07, 6.45) is -1.28. The molecule has 1 heterocycles. The van der Waals surface area contributed by atoms with Gasteiger partial charge in [0.2, 0.25) is 0 Å². The van der Waals surface area contributed by atoms with Gasteiger partial charge in [-0.1, -0.05) is 42.5 Å². The highest BCUT2D eigenvalue weighted by Gasteiger charge is 2.33. The predicted octanol–water partition coefficient (Wildman–Crippen LogP) is 4.45. The minimum atomic E-state index is -1.28. The smallest absolute Gasteiger partial charge is 0.339 e. The second kappa shape index (κ2) is 7.24. The number of rotatable bonds is 4. The summed E-state index contributed by atoms with van der Waals surface area (Å²) < 4.78 is 7.32. The van der Waals surface area contributed by atoms with Crippen LogP contribution in [0.3, 0.4) is 0 Å². The first-order valence-electron chi connectivity index (χ1n) is 9.20. The van der Waals surface area contributed by atoms with E-state index in [-0.39, 0.29) is 5.56 Å². The first-order valence-corrected chi connectivity index (χ1v) is 9.20. The SMILES string of the molecule is Cc1ccccc1-c1c(C(OC(C)(C)C)C(=O)O)n(C)c(=O)c2ccccc12. The number of aryl methyl sites for hydroxylation is 1. The normalized spacial score (nSPS) is 12.9. The Morgan fingerprint density at radius 1 is 1.04 bits per heavy atom. The van der Waals surface area contributed by atoms with E-state index in [1.807, 2.05) is 49.4 Å². The van der Waals surface area contributed by atoms with Crippen LogP contribution in [0.15, 0.2) is 53.3 Å². The molecule has 3 aromatic rings. The molecule has 1 unspecified atom stereocenters. The van der Waals surface area contributed by atoms with E-state index in [4.69, 9.17) is 4.74 Å². The lowest BCUT2D eigenvalue weighted by atomic mass is 9.91. The molecule has 5 heteroatoms. The van der Waals surface area contributed by atoms with Crippen LogP contribution in [-0.2, 0) is 16.6 Å². The molecule has 2 aromatic carbocycles. The Morgan fingerprint density at radius 3 is 2.18 bits per heavy atom. The van der Waals surface area contributed by atoms with E-state index in [9.17, 15) is 14.7 Å². The van der Waals surface area contributed by atoms with Crippen LogP contribution in [0.25, 0.3) is 21.9 Å². The van der Waals surface area contributed by atoms with Crippen LogP contribution in [0, 0.1) is 6.92 Å². The average molecular weight is 379 g/mol. The predicted molar refractivity (Wildman–Crippen MR) is 111 cm³/mol. The molecule has 146 valence electrons. The van der Waals surface area contributed by atoms with Gasteiger partial charge in [0.05, 0.1) is 11.3 Å². The van der Waals surface area contributed by atoms with Gasteiger partial charge >= 0.3 is 5.97 Å². The molecule has 0 aliphatic carbocycles. The van der Waals surface area contributed by atoms with Gasteiger partial charge in [-0.05, 0) is 50.3 Å². The number of nitrogens with zero attached hydrogens (tertiary/aromatic N) is 1. The van der Waals surface area contributed by atoms with Crippen molar-refractivity contribution < 1.29 is 14.6 Å². The van der Waals surface area contributed by atoms with E-state index in [1.54, 1.807) is 33.9 Å². The van der Waals surface area contributed by atoms with E-state index in [0.717, 1.165) is 16.5 Å². The minimum absolute atomic E-state index is 0.244. The van der Waals surface area contributed by atoms with Gasteiger partial charge in [0.25, 0.3) is 5.56 Å². The van der Waals surface area contributed by atoms with Crippen molar-refractivity contribution in [3.05, 3.63) is 70.1 Å². The summed E-state index contributed by atoms with van der Waals surface area (Å²) >= 11 is 0. The molecule has 0 fully saturated rings. The molecule has 0 bridgehead atoms. The maximum Gasteiger partial charge on any atom is 0.339 e. The number of pyridine rings is 1. The van der Waals surface area contributed by atoms with E-state index in [2.05, 4.69) is 0 Å². The minimum Gasteiger partial charge on any atom is -0.479 e. The number of hydrogen-bond donors (Lipinski definition) is 1. The molecular formula is C23H25NO4. The zero-order chi connectivity index (χ0) is 20.6. The van der Waals surface area contributed by atoms with Crippen molar-refractivity contribution in [3.63, 3.8) is 0 Å². The average Bonchev–Trinajstić information content (AvgIpc) is 2.63. The molecule has 1 atom stereocenters. The van der Waals surface area contributed by atoms with E-state index in [0.29, 0.717) is 16.6 Å². The zero-order valence-electron chi connectivity index (χ0n) is 16.8. The van der Waals surface area contributed by atoms with Crippen molar-refractivity contribution in [1.82, 2.24) is 4.57 Å². The Bertz CT molecular complexity index is 1110. The molecule has 0 spiro atoms. The van der Waals surface area contributed by atoms with Gasteiger partial charge in [0, 0.05) is 18.0 Å². The Labute approximate surface area is 164 Å². The molecule has 0 saturated carbocycles. The molecule has 28 heavy (non-hydrogen) atoms. The molecule has 0 aliphatic rings. The third-order valence-electron chi connectivity index (χ3n) is 4.71. The van der Waals surface area contributed by atoms with Crippen LogP contribution in [0.2, 0.25) is 0 Å². The summed E-state index contributed by atoms with van der Waals surface area (Å²) in [4.78, 5) is 25.2. The van der Waals surface area contributed by atoms with Gasteiger partial charge in [-0.3, -0.25) is 4.79 Å². The van der Waals surface area contributed by atoms with Gasteiger partial charge in [-0.2, -0.15) is 0 Å². The van der Waals surface area contributed by atoms with Crippen molar-refractivity contribution in [2.45, 2.75) is 39.4 Å². The van der Waals surface area contributed by atoms with Crippen molar-refractivity contribution in [1.29, 1.82) is 0 Å². The van der Waals surface area contributed by atoms with Gasteiger partial charge in [-0.25, -0.2) is 4.79 Å². The maximum absolute atomic E-state index is 13.0. The number of fused-ring (bicyclic) bond motifs is 1. The summed E-state index contributed by atoms with van der Waals surface area (Å²) in [6.45, 7) is 7.37. The van der Waals surface area contributed by atoms with Crippen molar-refractivity contribution in [3.8, 4) is 11.1 Å². The number of aliphatic carboxylic acids is 1. The Balaban J connectivity index is 2.50. The highest BCUT2D eigenvalue weighted by atomic mass is 16.5. The lowest BCUT2D eigenvalue weighted by Gasteiger charge is -2.29. The van der Waals surface area contributed by atoms with Crippen molar-refractivity contribution in [2.75, 3.05) is 0 Å². The molecule has 1 N–H and O–H groups in total. The lowest BCUT2D eigenvalue weighted by Crippen LogP contribution is -2.33. The number of aromatic nitrogens is 1.